The van der Waals surface area contributed by atoms with Gasteiger partial charge in [-0.2, -0.15) is 0 Å². The van der Waals surface area contributed by atoms with Crippen molar-refractivity contribution in [1.29, 1.82) is 0 Å². The van der Waals surface area contributed by atoms with E-state index < -0.39 is 11.0 Å². The summed E-state index contributed by atoms with van der Waals surface area (Å²) in [6.45, 7) is 9.30. The first kappa shape index (κ1) is 18.7. The van der Waals surface area contributed by atoms with Crippen molar-refractivity contribution >= 4 is 12.0 Å². The Morgan fingerprint density at radius 1 is 1.38 bits per heavy atom. The van der Waals surface area contributed by atoms with Crippen LogP contribution in [0.1, 0.15) is 52.7 Å². The molecule has 0 N–H and O–H groups in total. The standard InChI is InChI=1S/C20H29N3O3/c1-15-12-20(17(24)23(15)13-16-8-5-6-10-21-16)9-7-11-22(14-20)18(25)26-19(2,3)4/h5-6,8,10,15H,7,9,11-14H2,1-4H3. The maximum atomic E-state index is 13.3. The molecular weight excluding hydrogens is 330 g/mol. The van der Waals surface area contributed by atoms with Gasteiger partial charge in [-0.05, 0) is 59.1 Å². The lowest BCUT2D eigenvalue weighted by Crippen LogP contribution is -2.50. The van der Waals surface area contributed by atoms with E-state index in [0.29, 0.717) is 19.6 Å². The second kappa shape index (κ2) is 6.89. The van der Waals surface area contributed by atoms with Crippen LogP contribution in [0.3, 0.4) is 0 Å². The molecule has 1 aromatic heterocycles. The number of carbonyl (C=O) groups is 2. The smallest absolute Gasteiger partial charge is 0.410 e. The molecule has 6 heteroatoms. The maximum Gasteiger partial charge on any atom is 0.410 e. The second-order valence-electron chi connectivity index (χ2n) is 8.59. The van der Waals surface area contributed by atoms with Crippen molar-refractivity contribution < 1.29 is 14.3 Å². The molecule has 2 saturated heterocycles. The molecule has 2 aliphatic heterocycles. The van der Waals surface area contributed by atoms with E-state index in [9.17, 15) is 9.59 Å². The van der Waals surface area contributed by atoms with Crippen molar-refractivity contribution in [1.82, 2.24) is 14.8 Å². The Kier molecular flexibility index (Phi) is 4.95. The highest BCUT2D eigenvalue weighted by atomic mass is 16.6. The van der Waals surface area contributed by atoms with Crippen LogP contribution < -0.4 is 0 Å². The molecule has 3 rings (SSSR count). The van der Waals surface area contributed by atoms with Gasteiger partial charge in [-0.15, -0.1) is 0 Å². The van der Waals surface area contributed by atoms with Crippen molar-refractivity contribution in [2.45, 2.75) is 65.1 Å². The summed E-state index contributed by atoms with van der Waals surface area (Å²) in [6.07, 6.45) is 3.86. The van der Waals surface area contributed by atoms with Gasteiger partial charge in [0, 0.05) is 25.3 Å². The predicted octanol–water partition coefficient (Wildman–Crippen LogP) is 3.22. The average Bonchev–Trinajstić information content (AvgIpc) is 2.78. The summed E-state index contributed by atoms with van der Waals surface area (Å²) in [6, 6.07) is 5.90. The van der Waals surface area contributed by atoms with E-state index >= 15 is 0 Å². The SMILES string of the molecule is CC1CC2(CCCN(C(=O)OC(C)(C)C)C2)C(=O)N1Cc1ccccn1. The number of ether oxygens (including phenoxy) is 1. The average molecular weight is 359 g/mol. The highest BCUT2D eigenvalue weighted by Gasteiger charge is 2.52. The third kappa shape index (κ3) is 3.84. The van der Waals surface area contributed by atoms with Gasteiger partial charge in [0.25, 0.3) is 0 Å². The fourth-order valence-electron chi connectivity index (χ4n) is 4.12. The molecule has 2 fully saturated rings. The molecule has 26 heavy (non-hydrogen) atoms. The summed E-state index contributed by atoms with van der Waals surface area (Å²) in [4.78, 5) is 33.7. The van der Waals surface area contributed by atoms with Gasteiger partial charge in [0.2, 0.25) is 5.91 Å². The summed E-state index contributed by atoms with van der Waals surface area (Å²) in [7, 11) is 0. The molecule has 2 atom stereocenters. The predicted molar refractivity (Wildman–Crippen MR) is 98.3 cm³/mol. The minimum atomic E-state index is -0.528. The number of rotatable bonds is 2. The van der Waals surface area contributed by atoms with Crippen molar-refractivity contribution in [2.24, 2.45) is 5.41 Å². The first-order valence-electron chi connectivity index (χ1n) is 9.39. The van der Waals surface area contributed by atoms with Gasteiger partial charge in [0.05, 0.1) is 17.7 Å². The molecule has 2 aliphatic rings. The number of amides is 2. The van der Waals surface area contributed by atoms with E-state index in [2.05, 4.69) is 11.9 Å². The number of hydrogen-bond acceptors (Lipinski definition) is 4. The van der Waals surface area contributed by atoms with Crippen LogP contribution >= 0.6 is 0 Å². The molecule has 2 unspecified atom stereocenters. The molecule has 3 heterocycles. The van der Waals surface area contributed by atoms with Gasteiger partial charge in [0.1, 0.15) is 5.60 Å². The topological polar surface area (TPSA) is 62.7 Å². The number of aromatic nitrogens is 1. The van der Waals surface area contributed by atoms with E-state index in [4.69, 9.17) is 4.74 Å². The molecule has 0 saturated carbocycles. The number of likely N-dealkylation sites (tertiary alicyclic amines) is 2. The molecule has 6 nitrogen and oxygen atoms in total. The van der Waals surface area contributed by atoms with Gasteiger partial charge in [-0.25, -0.2) is 4.79 Å². The Labute approximate surface area is 155 Å². The van der Waals surface area contributed by atoms with Crippen LogP contribution in [0.5, 0.6) is 0 Å². The van der Waals surface area contributed by atoms with Crippen molar-refractivity contribution in [2.75, 3.05) is 13.1 Å². The lowest BCUT2D eigenvalue weighted by Gasteiger charge is -2.39. The van der Waals surface area contributed by atoms with Crippen molar-refractivity contribution in [3.05, 3.63) is 30.1 Å². The van der Waals surface area contributed by atoms with Crippen LogP contribution in [0.2, 0.25) is 0 Å². The Balaban J connectivity index is 1.73. The van der Waals surface area contributed by atoms with E-state index in [1.54, 1.807) is 11.1 Å². The zero-order chi connectivity index (χ0) is 18.9. The number of hydrogen-bond donors (Lipinski definition) is 0. The maximum absolute atomic E-state index is 13.3. The summed E-state index contributed by atoms with van der Waals surface area (Å²) < 4.78 is 5.52. The quantitative estimate of drug-likeness (QED) is 0.813. The second-order valence-corrected chi connectivity index (χ2v) is 8.59. The number of pyridine rings is 1. The zero-order valence-electron chi connectivity index (χ0n) is 16.2. The third-order valence-electron chi connectivity index (χ3n) is 5.22. The highest BCUT2D eigenvalue weighted by Crippen LogP contribution is 2.43. The van der Waals surface area contributed by atoms with E-state index in [0.717, 1.165) is 25.0 Å². The fraction of sp³-hybridized carbons (Fsp3) is 0.650. The van der Waals surface area contributed by atoms with Gasteiger partial charge in [-0.1, -0.05) is 6.07 Å². The van der Waals surface area contributed by atoms with Crippen molar-refractivity contribution in [3.63, 3.8) is 0 Å². The summed E-state index contributed by atoms with van der Waals surface area (Å²) in [5, 5.41) is 0. The van der Waals surface area contributed by atoms with Crippen LogP contribution in [-0.4, -0.2) is 51.5 Å². The van der Waals surface area contributed by atoms with E-state index in [1.165, 1.54) is 0 Å². The van der Waals surface area contributed by atoms with Crippen LogP contribution in [0.15, 0.2) is 24.4 Å². The van der Waals surface area contributed by atoms with Crippen LogP contribution in [0, 0.1) is 5.41 Å². The highest BCUT2D eigenvalue weighted by molar-refractivity contribution is 5.86. The Bertz CT molecular complexity index is 671. The molecule has 0 aliphatic carbocycles. The summed E-state index contributed by atoms with van der Waals surface area (Å²) in [5.74, 6) is 0.143. The van der Waals surface area contributed by atoms with E-state index in [-0.39, 0.29) is 18.0 Å². The fourth-order valence-corrected chi connectivity index (χ4v) is 4.12. The first-order chi connectivity index (χ1) is 12.2. The van der Waals surface area contributed by atoms with E-state index in [1.807, 2.05) is 43.9 Å². The lowest BCUT2D eigenvalue weighted by atomic mass is 9.77. The minimum Gasteiger partial charge on any atom is -0.444 e. The molecule has 2 amide bonds. The molecule has 142 valence electrons. The monoisotopic (exact) mass is 359 g/mol. The normalized spacial score (nSPS) is 26.5. The Morgan fingerprint density at radius 2 is 2.15 bits per heavy atom. The zero-order valence-corrected chi connectivity index (χ0v) is 16.2. The number of nitrogens with zero attached hydrogens (tertiary/aromatic N) is 3. The number of piperidine rings is 1. The van der Waals surface area contributed by atoms with Crippen LogP contribution in [-0.2, 0) is 16.1 Å². The Hall–Kier alpha value is -2.11. The van der Waals surface area contributed by atoms with Crippen LogP contribution in [0.25, 0.3) is 0 Å². The molecule has 1 aromatic rings. The van der Waals surface area contributed by atoms with Crippen LogP contribution in [0.4, 0.5) is 4.79 Å². The third-order valence-corrected chi connectivity index (χ3v) is 5.22. The van der Waals surface area contributed by atoms with Gasteiger partial charge in [-0.3, -0.25) is 9.78 Å². The first-order valence-corrected chi connectivity index (χ1v) is 9.39. The molecular formula is C20H29N3O3. The molecule has 0 aromatic carbocycles. The van der Waals surface area contributed by atoms with Gasteiger partial charge in [0.15, 0.2) is 0 Å². The minimum absolute atomic E-state index is 0.142. The number of carbonyl (C=O) groups excluding carboxylic acids is 2. The molecule has 1 spiro atoms. The molecule has 0 bridgehead atoms. The Morgan fingerprint density at radius 3 is 2.81 bits per heavy atom. The van der Waals surface area contributed by atoms with Gasteiger partial charge < -0.3 is 14.5 Å². The summed E-state index contributed by atoms with van der Waals surface area (Å²) >= 11 is 0. The lowest BCUT2D eigenvalue weighted by molar-refractivity contribution is -0.139. The molecule has 0 radical (unpaired) electrons. The van der Waals surface area contributed by atoms with Crippen molar-refractivity contribution in [3.8, 4) is 0 Å². The largest absolute Gasteiger partial charge is 0.444 e. The van der Waals surface area contributed by atoms with Gasteiger partial charge >= 0.3 is 6.09 Å². The summed E-state index contributed by atoms with van der Waals surface area (Å²) in [5.41, 5.74) is -0.118.